The third-order valence-corrected chi connectivity index (χ3v) is 13.0. The summed E-state index contributed by atoms with van der Waals surface area (Å²) in [5.41, 5.74) is 1.57. The molecule has 1 aromatic rings. The number of ketones is 1. The third-order valence-electron chi connectivity index (χ3n) is 7.70. The molecule has 3 atom stereocenters. The van der Waals surface area contributed by atoms with Gasteiger partial charge in [0.2, 0.25) is 0 Å². The molecule has 1 aromatic heterocycles. The van der Waals surface area contributed by atoms with Gasteiger partial charge >= 0.3 is 0 Å². The van der Waals surface area contributed by atoms with Gasteiger partial charge in [0.15, 0.2) is 8.32 Å². The van der Waals surface area contributed by atoms with Crippen molar-refractivity contribution in [1.29, 1.82) is 0 Å². The summed E-state index contributed by atoms with van der Waals surface area (Å²) in [4.78, 5) is 17.6. The van der Waals surface area contributed by atoms with Gasteiger partial charge in [0.05, 0.1) is 17.3 Å². The highest BCUT2D eigenvalue weighted by molar-refractivity contribution is 7.09. The van der Waals surface area contributed by atoms with Crippen LogP contribution >= 0.6 is 11.3 Å². The highest BCUT2D eigenvalue weighted by Crippen LogP contribution is 2.38. The van der Waals surface area contributed by atoms with Crippen molar-refractivity contribution in [2.75, 3.05) is 13.2 Å². The zero-order chi connectivity index (χ0) is 30.0. The Kier molecular flexibility index (Phi) is 14.4. The number of hydrogen-bond acceptors (Lipinski definition) is 6. The molecule has 0 spiro atoms. The van der Waals surface area contributed by atoms with E-state index in [0.29, 0.717) is 32.3 Å². The lowest BCUT2D eigenvalue weighted by atomic mass is 9.76. The normalized spacial score (nSPS) is 16.3. The molecule has 0 radical (unpaired) electrons. The number of aliphatic hydroxyl groups is 1. The average molecular weight is 584 g/mol. The van der Waals surface area contributed by atoms with E-state index in [2.05, 4.69) is 38.8 Å². The van der Waals surface area contributed by atoms with Crippen molar-refractivity contribution in [3.8, 4) is 0 Å². The second-order valence-electron chi connectivity index (χ2n) is 13.3. The van der Waals surface area contributed by atoms with E-state index in [1.54, 1.807) is 17.4 Å². The fourth-order valence-corrected chi connectivity index (χ4v) is 5.99. The quantitative estimate of drug-likeness (QED) is 0.146. The van der Waals surface area contributed by atoms with Gasteiger partial charge in [0.25, 0.3) is 0 Å². The van der Waals surface area contributed by atoms with Crippen molar-refractivity contribution in [2.24, 2.45) is 17.3 Å². The molecule has 0 bridgehead atoms. The van der Waals surface area contributed by atoms with Crippen LogP contribution in [0.3, 0.4) is 0 Å². The van der Waals surface area contributed by atoms with Crippen molar-refractivity contribution in [1.82, 2.24) is 4.98 Å². The fraction of sp³-hybridized carbons (Fsp3) is 0.742. The predicted molar refractivity (Wildman–Crippen MR) is 165 cm³/mol. The van der Waals surface area contributed by atoms with Gasteiger partial charge in [-0.25, -0.2) is 9.37 Å². The molecule has 0 saturated heterocycles. The molecule has 0 fully saturated rings. The largest absolute Gasteiger partial charge is 0.392 e. The summed E-state index contributed by atoms with van der Waals surface area (Å²) >= 11 is 1.62. The summed E-state index contributed by atoms with van der Waals surface area (Å²) in [6, 6.07) is 0. The SMILES string of the molecule is CC(=Cc1csc(C)n1)CCC=C(F)COCC(C)CC(C)C(=O)C(C)(C)CCC(O)O[Si](C)(C)C(C)(C)C. The maximum absolute atomic E-state index is 14.2. The molecular weight excluding hydrogens is 529 g/mol. The Bertz CT molecular complexity index is 964. The van der Waals surface area contributed by atoms with Gasteiger partial charge in [-0.15, -0.1) is 11.3 Å². The van der Waals surface area contributed by atoms with E-state index in [9.17, 15) is 14.3 Å². The van der Waals surface area contributed by atoms with E-state index >= 15 is 0 Å². The molecule has 0 aromatic carbocycles. The number of aryl methyl sites for hydroxylation is 1. The number of carbonyl (C=O) groups is 1. The number of nitrogens with zero attached hydrogens (tertiary/aromatic N) is 1. The highest BCUT2D eigenvalue weighted by atomic mass is 32.1. The number of hydrogen-bond donors (Lipinski definition) is 1. The number of thiazole rings is 1. The first-order valence-corrected chi connectivity index (χ1v) is 18.0. The van der Waals surface area contributed by atoms with Gasteiger partial charge < -0.3 is 14.3 Å². The van der Waals surface area contributed by atoms with E-state index in [1.165, 1.54) is 0 Å². The van der Waals surface area contributed by atoms with Crippen LogP contribution in [-0.2, 0) is 14.0 Å². The number of carbonyl (C=O) groups excluding carboxylic acids is 1. The van der Waals surface area contributed by atoms with Crippen molar-refractivity contribution < 1.29 is 23.5 Å². The molecule has 3 unspecified atom stereocenters. The van der Waals surface area contributed by atoms with Gasteiger partial charge in [-0.05, 0) is 76.1 Å². The Hall–Kier alpha value is -1.19. The number of halogens is 1. The highest BCUT2D eigenvalue weighted by Gasteiger charge is 2.39. The Balaban J connectivity index is 2.40. The summed E-state index contributed by atoms with van der Waals surface area (Å²) in [7, 11) is -2.07. The molecule has 0 aliphatic carbocycles. The Morgan fingerprint density at radius 3 is 2.44 bits per heavy atom. The average Bonchev–Trinajstić information content (AvgIpc) is 3.20. The smallest absolute Gasteiger partial charge is 0.195 e. The van der Waals surface area contributed by atoms with Crippen LogP contribution in [0.4, 0.5) is 4.39 Å². The monoisotopic (exact) mass is 583 g/mol. The molecule has 8 heteroatoms. The van der Waals surface area contributed by atoms with E-state index in [1.807, 2.05) is 53.0 Å². The molecule has 1 N–H and O–H groups in total. The Morgan fingerprint density at radius 2 is 1.87 bits per heavy atom. The van der Waals surface area contributed by atoms with Gasteiger partial charge in [-0.2, -0.15) is 0 Å². The van der Waals surface area contributed by atoms with Crippen LogP contribution < -0.4 is 0 Å². The zero-order valence-corrected chi connectivity index (χ0v) is 28.1. The van der Waals surface area contributed by atoms with Crippen LogP contribution in [0.1, 0.15) is 98.2 Å². The third kappa shape index (κ3) is 13.3. The van der Waals surface area contributed by atoms with Gasteiger partial charge in [0.1, 0.15) is 17.9 Å². The van der Waals surface area contributed by atoms with Gasteiger partial charge in [-0.3, -0.25) is 4.79 Å². The first-order chi connectivity index (χ1) is 17.8. The number of ether oxygens (including phenoxy) is 1. The summed E-state index contributed by atoms with van der Waals surface area (Å²) in [5, 5.41) is 13.6. The van der Waals surface area contributed by atoms with Crippen LogP contribution in [0.2, 0.25) is 18.1 Å². The molecule has 1 rings (SSSR count). The maximum atomic E-state index is 14.2. The molecule has 39 heavy (non-hydrogen) atoms. The number of rotatable bonds is 17. The van der Waals surface area contributed by atoms with Crippen LogP contribution in [0.5, 0.6) is 0 Å². The first-order valence-electron chi connectivity index (χ1n) is 14.3. The maximum Gasteiger partial charge on any atom is 0.195 e. The minimum absolute atomic E-state index is 0.0164. The lowest BCUT2D eigenvalue weighted by molar-refractivity contribution is -0.132. The summed E-state index contributed by atoms with van der Waals surface area (Å²) in [5.74, 6) is -0.0973. The van der Waals surface area contributed by atoms with Crippen molar-refractivity contribution in [2.45, 2.75) is 119 Å². The Morgan fingerprint density at radius 1 is 1.23 bits per heavy atom. The minimum atomic E-state index is -2.07. The van der Waals surface area contributed by atoms with Crippen molar-refractivity contribution >= 4 is 31.5 Å². The first kappa shape index (κ1) is 35.8. The number of allylic oxidation sites excluding steroid dienone is 2. The van der Waals surface area contributed by atoms with Crippen LogP contribution in [-0.4, -0.2) is 43.7 Å². The van der Waals surface area contributed by atoms with E-state index in [-0.39, 0.29) is 35.1 Å². The molecule has 0 amide bonds. The van der Waals surface area contributed by atoms with Crippen LogP contribution in [0.15, 0.2) is 22.9 Å². The summed E-state index contributed by atoms with van der Waals surface area (Å²) < 4.78 is 25.9. The van der Waals surface area contributed by atoms with Crippen LogP contribution in [0, 0.1) is 24.2 Å². The molecule has 0 aliphatic rings. The van der Waals surface area contributed by atoms with Gasteiger partial charge in [0, 0.05) is 23.3 Å². The molecule has 5 nitrogen and oxygen atoms in total. The second-order valence-corrected chi connectivity index (χ2v) is 19.2. The molecule has 0 saturated carbocycles. The van der Waals surface area contributed by atoms with Crippen LogP contribution in [0.25, 0.3) is 6.08 Å². The predicted octanol–water partition coefficient (Wildman–Crippen LogP) is 8.88. The number of aromatic nitrogens is 1. The van der Waals surface area contributed by atoms with E-state index < -0.39 is 20.0 Å². The number of Topliss-reactive ketones (excluding diaryl/α,β-unsaturated/α-hetero) is 1. The molecule has 1 heterocycles. The lowest BCUT2D eigenvalue weighted by Gasteiger charge is -2.38. The van der Waals surface area contributed by atoms with Crippen molar-refractivity contribution in [3.05, 3.63) is 33.6 Å². The molecular formula is C31H54FNO4SSi. The standard InChI is InChI=1S/C31H54FNO4SSi/c1-22(18-27-21-38-25(4)33-27)13-12-14-26(32)20-36-19-23(2)17-24(3)29(35)31(8,9)16-15-28(34)37-39(10,11)30(5,6)7/h14,18,21,23-24,28,34H,12-13,15-17,19-20H2,1-11H3. The fourth-order valence-electron chi connectivity index (χ4n) is 4.27. The summed E-state index contributed by atoms with van der Waals surface area (Å²) in [6.45, 7) is 22.9. The van der Waals surface area contributed by atoms with E-state index in [0.717, 1.165) is 22.7 Å². The van der Waals surface area contributed by atoms with Gasteiger partial charge in [-0.1, -0.05) is 60.1 Å². The molecule has 224 valence electrons. The Labute approximate surface area is 242 Å². The summed E-state index contributed by atoms with van der Waals surface area (Å²) in [6.07, 6.45) is 5.84. The lowest BCUT2D eigenvalue weighted by Crippen LogP contribution is -2.44. The van der Waals surface area contributed by atoms with E-state index in [4.69, 9.17) is 9.16 Å². The second kappa shape index (κ2) is 15.7. The molecule has 0 aliphatic heterocycles. The van der Waals surface area contributed by atoms with Crippen molar-refractivity contribution in [3.63, 3.8) is 0 Å². The minimum Gasteiger partial charge on any atom is -0.392 e. The number of aliphatic hydroxyl groups excluding tert-OH is 1. The zero-order valence-electron chi connectivity index (χ0n) is 26.3. The topological polar surface area (TPSA) is 68.7 Å².